The first kappa shape index (κ1) is 18.6. The van der Waals surface area contributed by atoms with Gasteiger partial charge in [0.1, 0.15) is 0 Å². The maximum absolute atomic E-state index is 11.5. The lowest BCUT2D eigenvalue weighted by molar-refractivity contribution is 0.389. The predicted octanol–water partition coefficient (Wildman–Crippen LogP) is 3.39. The van der Waals surface area contributed by atoms with Crippen molar-refractivity contribution in [2.45, 2.75) is 30.2 Å². The van der Waals surface area contributed by atoms with Gasteiger partial charge >= 0.3 is 0 Å². The quantitative estimate of drug-likeness (QED) is 0.541. The van der Waals surface area contributed by atoms with E-state index in [0.717, 1.165) is 17.1 Å². The molecule has 27 heavy (non-hydrogen) atoms. The first-order valence-corrected chi connectivity index (χ1v) is 12.4. The molecule has 0 spiro atoms. The second-order valence-corrected chi connectivity index (χ2v) is 10.7. The molecule has 3 aromatic rings. The summed E-state index contributed by atoms with van der Waals surface area (Å²) in [5.74, 6) is 1.77. The highest BCUT2D eigenvalue weighted by atomic mass is 32.2. The number of nitrogens with zero attached hydrogens (tertiary/aromatic N) is 3. The summed E-state index contributed by atoms with van der Waals surface area (Å²) in [4.78, 5) is 4.67. The van der Waals surface area contributed by atoms with Crippen LogP contribution in [0.3, 0.4) is 0 Å². The van der Waals surface area contributed by atoms with E-state index in [1.54, 1.807) is 11.3 Å². The van der Waals surface area contributed by atoms with E-state index in [4.69, 9.17) is 4.42 Å². The zero-order valence-corrected chi connectivity index (χ0v) is 17.0. The minimum Gasteiger partial charge on any atom is -0.416 e. The maximum Gasteiger partial charge on any atom is 0.276 e. The van der Waals surface area contributed by atoms with Crippen LogP contribution in [0.2, 0.25) is 0 Å². The molecular weight excluding hydrogens is 402 g/mol. The van der Waals surface area contributed by atoms with Gasteiger partial charge in [0.25, 0.3) is 5.22 Å². The van der Waals surface area contributed by atoms with Crippen molar-refractivity contribution in [3.63, 3.8) is 0 Å². The Morgan fingerprint density at radius 1 is 1.22 bits per heavy atom. The molecule has 1 saturated heterocycles. The van der Waals surface area contributed by atoms with Crippen molar-refractivity contribution in [3.8, 4) is 0 Å². The molecule has 0 bridgehead atoms. The Hall–Kier alpha value is -1.71. The molecule has 2 aromatic heterocycles. The van der Waals surface area contributed by atoms with Gasteiger partial charge in [-0.3, -0.25) is 0 Å². The van der Waals surface area contributed by atoms with Crippen LogP contribution < -0.4 is 0 Å². The molecule has 142 valence electrons. The lowest BCUT2D eigenvalue weighted by atomic mass is 10.1. The van der Waals surface area contributed by atoms with Crippen LogP contribution in [0.25, 0.3) is 0 Å². The molecule has 0 amide bonds. The average molecular weight is 422 g/mol. The third-order valence-electron chi connectivity index (χ3n) is 4.38. The highest BCUT2D eigenvalue weighted by molar-refractivity contribution is 7.98. The van der Waals surface area contributed by atoms with Gasteiger partial charge in [-0.05, 0) is 17.9 Å². The molecule has 4 rings (SSSR count). The molecule has 0 radical (unpaired) electrons. The fraction of sp³-hybridized carbons (Fsp3) is 0.389. The van der Waals surface area contributed by atoms with Gasteiger partial charge in [-0.25, -0.2) is 13.4 Å². The number of aromatic nitrogens is 3. The number of hydrogen-bond acceptors (Lipinski definition) is 8. The summed E-state index contributed by atoms with van der Waals surface area (Å²) in [6.07, 6.45) is 2.05. The van der Waals surface area contributed by atoms with Crippen molar-refractivity contribution >= 4 is 32.9 Å². The summed E-state index contributed by atoms with van der Waals surface area (Å²) in [6, 6.07) is 10.3. The van der Waals surface area contributed by atoms with Crippen LogP contribution >= 0.6 is 23.1 Å². The SMILES string of the molecule is O=S1(=O)CCC(Cc2nnc(SCc3csc(Cc4ccccc4)n3)o2)C1. The fourth-order valence-corrected chi connectivity index (χ4v) is 6.53. The van der Waals surface area contributed by atoms with Gasteiger partial charge in [-0.15, -0.1) is 21.5 Å². The molecule has 1 aliphatic rings. The highest BCUT2D eigenvalue weighted by Gasteiger charge is 2.29. The van der Waals surface area contributed by atoms with E-state index in [1.807, 2.05) is 18.2 Å². The van der Waals surface area contributed by atoms with E-state index in [-0.39, 0.29) is 17.4 Å². The Labute approximate surface area is 166 Å². The maximum atomic E-state index is 11.5. The van der Waals surface area contributed by atoms with Crippen molar-refractivity contribution in [2.24, 2.45) is 5.92 Å². The number of sulfone groups is 1. The molecule has 1 fully saturated rings. The normalized spacial score (nSPS) is 18.7. The molecular formula is C18H19N3O3S3. The van der Waals surface area contributed by atoms with Gasteiger partial charge in [0.15, 0.2) is 9.84 Å². The van der Waals surface area contributed by atoms with Crippen LogP contribution in [0.5, 0.6) is 0 Å². The topological polar surface area (TPSA) is 86.0 Å². The van der Waals surface area contributed by atoms with Gasteiger partial charge < -0.3 is 4.42 Å². The second-order valence-electron chi connectivity index (χ2n) is 6.62. The molecule has 0 saturated carbocycles. The standard InChI is InChI=1S/C18H19N3O3S3/c22-27(23)7-6-14(12-27)8-16-20-21-18(24-16)26-11-15-10-25-17(19-15)9-13-4-2-1-3-5-13/h1-5,10,14H,6-9,11-12H2. The second kappa shape index (κ2) is 8.12. The van der Waals surface area contributed by atoms with Crippen molar-refractivity contribution in [1.29, 1.82) is 0 Å². The molecule has 9 heteroatoms. The molecule has 1 aromatic carbocycles. The third-order valence-corrected chi connectivity index (χ3v) is 7.97. The van der Waals surface area contributed by atoms with E-state index in [9.17, 15) is 8.42 Å². The van der Waals surface area contributed by atoms with Crippen LogP contribution in [0, 0.1) is 5.92 Å². The van der Waals surface area contributed by atoms with Crippen molar-refractivity contribution in [2.75, 3.05) is 11.5 Å². The molecule has 3 heterocycles. The van der Waals surface area contributed by atoms with Crippen molar-refractivity contribution in [1.82, 2.24) is 15.2 Å². The van der Waals surface area contributed by atoms with E-state index < -0.39 is 9.84 Å². The van der Waals surface area contributed by atoms with Gasteiger partial charge in [-0.2, -0.15) is 0 Å². The molecule has 1 aliphatic heterocycles. The van der Waals surface area contributed by atoms with Crippen LogP contribution in [0.4, 0.5) is 0 Å². The average Bonchev–Trinajstić information content (AvgIpc) is 3.35. The summed E-state index contributed by atoms with van der Waals surface area (Å²) in [5, 5.41) is 11.8. The molecule has 1 atom stereocenters. The summed E-state index contributed by atoms with van der Waals surface area (Å²) in [7, 11) is -2.88. The van der Waals surface area contributed by atoms with E-state index >= 15 is 0 Å². The number of thiazole rings is 1. The Bertz CT molecular complexity index is 999. The van der Waals surface area contributed by atoms with Crippen LogP contribution in [-0.2, 0) is 28.4 Å². The zero-order valence-electron chi connectivity index (χ0n) is 14.6. The van der Waals surface area contributed by atoms with E-state index in [2.05, 4.69) is 32.7 Å². The van der Waals surface area contributed by atoms with Crippen molar-refractivity contribution < 1.29 is 12.8 Å². The summed E-state index contributed by atoms with van der Waals surface area (Å²) < 4.78 is 28.7. The monoisotopic (exact) mass is 421 g/mol. The Kier molecular flexibility index (Phi) is 5.60. The Balaban J connectivity index is 1.29. The number of benzene rings is 1. The lowest BCUT2D eigenvalue weighted by Gasteiger charge is -2.01. The molecule has 6 nitrogen and oxygen atoms in total. The van der Waals surface area contributed by atoms with E-state index in [1.165, 1.54) is 17.3 Å². The first-order chi connectivity index (χ1) is 13.1. The molecule has 0 aliphatic carbocycles. The number of hydrogen-bond donors (Lipinski definition) is 0. The fourth-order valence-electron chi connectivity index (χ4n) is 3.06. The third kappa shape index (κ3) is 5.18. The largest absolute Gasteiger partial charge is 0.416 e. The minimum atomic E-state index is -2.88. The summed E-state index contributed by atoms with van der Waals surface area (Å²) in [5.41, 5.74) is 2.25. The lowest BCUT2D eigenvalue weighted by Crippen LogP contribution is -2.07. The van der Waals surface area contributed by atoms with Crippen LogP contribution in [-0.4, -0.2) is 35.1 Å². The minimum absolute atomic E-state index is 0.0902. The first-order valence-electron chi connectivity index (χ1n) is 8.68. The smallest absolute Gasteiger partial charge is 0.276 e. The Morgan fingerprint density at radius 3 is 2.85 bits per heavy atom. The number of rotatable bonds is 7. The molecule has 1 unspecified atom stereocenters. The Morgan fingerprint density at radius 2 is 2.07 bits per heavy atom. The predicted molar refractivity (Wildman–Crippen MR) is 106 cm³/mol. The van der Waals surface area contributed by atoms with Crippen LogP contribution in [0.1, 0.15) is 28.6 Å². The van der Waals surface area contributed by atoms with Crippen LogP contribution in [0.15, 0.2) is 45.4 Å². The van der Waals surface area contributed by atoms with E-state index in [0.29, 0.717) is 29.7 Å². The van der Waals surface area contributed by atoms with Gasteiger partial charge in [0.05, 0.1) is 22.2 Å². The molecule has 0 N–H and O–H groups in total. The van der Waals surface area contributed by atoms with Gasteiger partial charge in [-0.1, -0.05) is 42.1 Å². The zero-order chi connectivity index (χ0) is 18.7. The van der Waals surface area contributed by atoms with Gasteiger partial charge in [0.2, 0.25) is 5.89 Å². The highest BCUT2D eigenvalue weighted by Crippen LogP contribution is 2.26. The van der Waals surface area contributed by atoms with Crippen molar-refractivity contribution in [3.05, 3.63) is 57.9 Å². The van der Waals surface area contributed by atoms with Gasteiger partial charge in [0, 0.05) is 24.0 Å². The summed E-state index contributed by atoms with van der Waals surface area (Å²) in [6.45, 7) is 0. The summed E-state index contributed by atoms with van der Waals surface area (Å²) >= 11 is 3.12. The number of thioether (sulfide) groups is 1.